The second kappa shape index (κ2) is 4.58. The third-order valence-electron chi connectivity index (χ3n) is 3.49. The van der Waals surface area contributed by atoms with Crippen LogP contribution in [-0.4, -0.2) is 14.6 Å². The average molecular weight is 299 g/mol. The first-order valence-electron chi connectivity index (χ1n) is 6.44. The molecular weight excluding hydrogens is 288 g/mol. The van der Waals surface area contributed by atoms with Crippen LogP contribution in [0.15, 0.2) is 53.5 Å². The number of nitrogens with two attached hydrogens (primary N) is 1. The molecule has 1 atom stereocenters. The molecule has 0 spiro atoms. The van der Waals surface area contributed by atoms with Crippen LogP contribution in [0.5, 0.6) is 0 Å². The minimum Gasteiger partial charge on any atom is -0.459 e. The molecule has 0 aliphatic heterocycles. The van der Waals surface area contributed by atoms with Gasteiger partial charge in [-0.05, 0) is 24.3 Å². The van der Waals surface area contributed by atoms with Crippen molar-refractivity contribution in [3.63, 3.8) is 0 Å². The molecule has 0 aliphatic carbocycles. The Morgan fingerprint density at radius 1 is 1.24 bits per heavy atom. The predicted molar refractivity (Wildman–Crippen MR) is 80.2 cm³/mol. The van der Waals surface area contributed by atoms with E-state index in [1.54, 1.807) is 35.4 Å². The third kappa shape index (κ3) is 1.98. The maximum atomic E-state index is 6.32. The van der Waals surface area contributed by atoms with Gasteiger partial charge in [0.05, 0.1) is 24.0 Å². The minimum atomic E-state index is -0.405. The van der Waals surface area contributed by atoms with Crippen LogP contribution in [0.4, 0.5) is 0 Å². The third-order valence-corrected chi connectivity index (χ3v) is 3.73. The maximum absolute atomic E-state index is 6.32. The van der Waals surface area contributed by atoms with Crippen molar-refractivity contribution in [3.8, 4) is 0 Å². The SMILES string of the molecule is NC(c1cc2cc(Cl)ccc2o1)c1cnn2ccncc12. The fourth-order valence-corrected chi connectivity index (χ4v) is 2.61. The molecule has 2 N–H and O–H groups in total. The fraction of sp³-hybridized carbons (Fsp3) is 0.0667. The van der Waals surface area contributed by atoms with Gasteiger partial charge in [0, 0.05) is 28.4 Å². The summed E-state index contributed by atoms with van der Waals surface area (Å²) >= 11 is 5.99. The van der Waals surface area contributed by atoms with E-state index in [2.05, 4.69) is 10.1 Å². The maximum Gasteiger partial charge on any atom is 0.134 e. The van der Waals surface area contributed by atoms with E-state index in [0.29, 0.717) is 10.8 Å². The van der Waals surface area contributed by atoms with Crippen LogP contribution >= 0.6 is 11.6 Å². The normalized spacial score (nSPS) is 13.0. The van der Waals surface area contributed by atoms with Crippen molar-refractivity contribution in [3.05, 3.63) is 65.4 Å². The Bertz CT molecular complexity index is 943. The zero-order valence-corrected chi connectivity index (χ0v) is 11.7. The monoisotopic (exact) mass is 298 g/mol. The number of fused-ring (bicyclic) bond motifs is 2. The summed E-state index contributed by atoms with van der Waals surface area (Å²) in [5.41, 5.74) is 8.82. The topological polar surface area (TPSA) is 69.3 Å². The Balaban J connectivity index is 1.83. The number of nitrogens with zero attached hydrogens (tertiary/aromatic N) is 3. The first-order valence-corrected chi connectivity index (χ1v) is 6.82. The summed E-state index contributed by atoms with van der Waals surface area (Å²) in [6, 6.07) is 6.99. The van der Waals surface area contributed by atoms with Crippen molar-refractivity contribution in [1.82, 2.24) is 14.6 Å². The Morgan fingerprint density at radius 3 is 3.05 bits per heavy atom. The number of aromatic nitrogens is 3. The van der Waals surface area contributed by atoms with Crippen molar-refractivity contribution in [1.29, 1.82) is 0 Å². The quantitative estimate of drug-likeness (QED) is 0.617. The molecule has 4 aromatic rings. The Morgan fingerprint density at radius 2 is 2.14 bits per heavy atom. The first kappa shape index (κ1) is 12.4. The van der Waals surface area contributed by atoms with Crippen LogP contribution in [0.3, 0.4) is 0 Å². The molecular formula is C15H11ClN4O. The number of halogens is 1. The van der Waals surface area contributed by atoms with Crippen molar-refractivity contribution in [2.45, 2.75) is 6.04 Å². The molecule has 0 saturated carbocycles. The van der Waals surface area contributed by atoms with Crippen LogP contribution < -0.4 is 5.73 Å². The molecule has 0 aliphatic rings. The number of benzene rings is 1. The van der Waals surface area contributed by atoms with Crippen molar-refractivity contribution in [2.24, 2.45) is 5.73 Å². The Labute approximate surface area is 124 Å². The van der Waals surface area contributed by atoms with Crippen molar-refractivity contribution in [2.75, 3.05) is 0 Å². The number of furan rings is 1. The highest BCUT2D eigenvalue weighted by Gasteiger charge is 2.18. The van der Waals surface area contributed by atoms with Gasteiger partial charge in [-0.2, -0.15) is 5.10 Å². The number of hydrogen-bond acceptors (Lipinski definition) is 4. The predicted octanol–water partition coefficient (Wildman–Crippen LogP) is 3.18. The van der Waals surface area contributed by atoms with Gasteiger partial charge in [0.25, 0.3) is 0 Å². The summed E-state index contributed by atoms with van der Waals surface area (Å²) in [7, 11) is 0. The van der Waals surface area contributed by atoms with Crippen LogP contribution in [0.1, 0.15) is 17.4 Å². The highest BCUT2D eigenvalue weighted by atomic mass is 35.5. The molecule has 0 radical (unpaired) electrons. The lowest BCUT2D eigenvalue weighted by atomic mass is 10.1. The average Bonchev–Trinajstić information content (AvgIpc) is 3.09. The lowest BCUT2D eigenvalue weighted by Crippen LogP contribution is -2.10. The summed E-state index contributed by atoms with van der Waals surface area (Å²) in [6.07, 6.45) is 6.94. The molecule has 0 amide bonds. The van der Waals surface area contributed by atoms with Gasteiger partial charge in [0.1, 0.15) is 11.3 Å². The standard InChI is InChI=1S/C15H11ClN4O/c16-10-1-2-13-9(5-10)6-14(21-13)15(17)11-7-19-20-4-3-18-8-12(11)20/h1-8,15H,17H2. The molecule has 0 saturated heterocycles. The molecule has 104 valence electrons. The summed E-state index contributed by atoms with van der Waals surface area (Å²) < 4.78 is 7.55. The fourth-order valence-electron chi connectivity index (χ4n) is 2.43. The summed E-state index contributed by atoms with van der Waals surface area (Å²) in [6.45, 7) is 0. The second-order valence-electron chi connectivity index (χ2n) is 4.81. The van der Waals surface area contributed by atoms with Crippen LogP contribution in [0.2, 0.25) is 5.02 Å². The summed E-state index contributed by atoms with van der Waals surface area (Å²) in [5, 5.41) is 5.87. The van der Waals surface area contributed by atoms with Gasteiger partial charge in [0.15, 0.2) is 0 Å². The van der Waals surface area contributed by atoms with E-state index in [4.69, 9.17) is 21.8 Å². The Hall–Kier alpha value is -2.37. The zero-order chi connectivity index (χ0) is 14.4. The minimum absolute atomic E-state index is 0.405. The van der Waals surface area contributed by atoms with E-state index >= 15 is 0 Å². The van der Waals surface area contributed by atoms with Crippen molar-refractivity contribution < 1.29 is 4.42 Å². The largest absolute Gasteiger partial charge is 0.459 e. The number of rotatable bonds is 2. The molecule has 3 aromatic heterocycles. The smallest absolute Gasteiger partial charge is 0.134 e. The molecule has 1 unspecified atom stereocenters. The first-order chi connectivity index (χ1) is 10.2. The van der Waals surface area contributed by atoms with E-state index in [1.807, 2.05) is 18.2 Å². The van der Waals surface area contributed by atoms with Crippen molar-refractivity contribution >= 4 is 28.1 Å². The molecule has 6 heteroatoms. The summed E-state index contributed by atoms with van der Waals surface area (Å²) in [4.78, 5) is 4.11. The highest BCUT2D eigenvalue weighted by Crippen LogP contribution is 2.29. The van der Waals surface area contributed by atoms with E-state index in [0.717, 1.165) is 22.0 Å². The van der Waals surface area contributed by atoms with Gasteiger partial charge < -0.3 is 10.2 Å². The molecule has 0 bridgehead atoms. The molecule has 3 heterocycles. The lowest BCUT2D eigenvalue weighted by Gasteiger charge is -2.06. The summed E-state index contributed by atoms with van der Waals surface area (Å²) in [5.74, 6) is 0.672. The zero-order valence-electron chi connectivity index (χ0n) is 10.9. The molecule has 0 fully saturated rings. The van der Waals surface area contributed by atoms with Gasteiger partial charge in [-0.3, -0.25) is 4.98 Å². The van der Waals surface area contributed by atoms with Crippen LogP contribution in [-0.2, 0) is 0 Å². The second-order valence-corrected chi connectivity index (χ2v) is 5.25. The van der Waals surface area contributed by atoms with E-state index in [-0.39, 0.29) is 0 Å². The highest BCUT2D eigenvalue weighted by molar-refractivity contribution is 6.31. The molecule has 5 nitrogen and oxygen atoms in total. The van der Waals surface area contributed by atoms with E-state index < -0.39 is 6.04 Å². The van der Waals surface area contributed by atoms with Gasteiger partial charge >= 0.3 is 0 Å². The van der Waals surface area contributed by atoms with Gasteiger partial charge in [-0.25, -0.2) is 4.52 Å². The van der Waals surface area contributed by atoms with E-state index in [1.165, 1.54) is 0 Å². The molecule has 1 aromatic carbocycles. The van der Waals surface area contributed by atoms with Gasteiger partial charge in [-0.1, -0.05) is 11.6 Å². The van der Waals surface area contributed by atoms with Crippen LogP contribution in [0.25, 0.3) is 16.5 Å². The lowest BCUT2D eigenvalue weighted by molar-refractivity contribution is 0.526. The van der Waals surface area contributed by atoms with Crippen LogP contribution in [0, 0.1) is 0 Å². The molecule has 21 heavy (non-hydrogen) atoms. The number of hydrogen-bond donors (Lipinski definition) is 1. The molecule has 4 rings (SSSR count). The van der Waals surface area contributed by atoms with Gasteiger partial charge in [-0.15, -0.1) is 0 Å². The van der Waals surface area contributed by atoms with E-state index in [9.17, 15) is 0 Å². The van der Waals surface area contributed by atoms with Gasteiger partial charge in [0.2, 0.25) is 0 Å². The Kier molecular flexibility index (Phi) is 2.70.